The fourth-order valence-corrected chi connectivity index (χ4v) is 2.21. The molecule has 2 aromatic rings. The summed E-state index contributed by atoms with van der Waals surface area (Å²) in [4.78, 5) is 14.4. The van der Waals surface area contributed by atoms with Gasteiger partial charge in [-0.05, 0) is 17.7 Å². The highest BCUT2D eigenvalue weighted by atomic mass is 32.2. The van der Waals surface area contributed by atoms with Crippen LogP contribution in [0.15, 0.2) is 59.6 Å². The second kappa shape index (κ2) is 6.72. The Hall–Kier alpha value is -2.34. The zero-order valence-corrected chi connectivity index (χ0v) is 11.4. The van der Waals surface area contributed by atoms with Gasteiger partial charge in [-0.15, -0.1) is 0 Å². The van der Waals surface area contributed by atoms with Crippen LogP contribution in [-0.4, -0.2) is 10.1 Å². The van der Waals surface area contributed by atoms with Crippen molar-refractivity contribution in [1.82, 2.24) is 0 Å². The molecule has 6 heteroatoms. The molecule has 0 aliphatic carbocycles. The van der Waals surface area contributed by atoms with Gasteiger partial charge >= 0.3 is 0 Å². The van der Waals surface area contributed by atoms with E-state index in [1.807, 2.05) is 30.3 Å². The molecule has 0 saturated carbocycles. The highest BCUT2D eigenvalue weighted by Crippen LogP contribution is 2.18. The smallest absolute Gasteiger partial charge is 0.269 e. The minimum Gasteiger partial charge on any atom is -0.378 e. The molecule has 2 aromatic carbocycles. The average Bonchev–Trinajstić information content (AvgIpc) is 2.46. The molecule has 0 unspecified atom stereocenters. The van der Waals surface area contributed by atoms with Gasteiger partial charge in [0.25, 0.3) is 5.69 Å². The number of nitrogens with zero attached hydrogens (tertiary/aromatic N) is 2. The fraction of sp³-hybridized carbons (Fsp3) is 0.0714. The molecule has 0 bridgehead atoms. The molecular weight excluding hydrogens is 274 g/mol. The first-order chi connectivity index (χ1) is 9.65. The predicted molar refractivity (Wildman–Crippen MR) is 82.1 cm³/mol. The van der Waals surface area contributed by atoms with Gasteiger partial charge in [-0.1, -0.05) is 42.1 Å². The number of amidine groups is 1. The van der Waals surface area contributed by atoms with E-state index >= 15 is 0 Å². The number of aliphatic imine (C=N–C) groups is 1. The van der Waals surface area contributed by atoms with Gasteiger partial charge in [-0.3, -0.25) is 10.1 Å². The number of thioether (sulfide) groups is 1. The molecule has 0 aliphatic rings. The number of benzene rings is 2. The van der Waals surface area contributed by atoms with Gasteiger partial charge in [0, 0.05) is 17.9 Å². The van der Waals surface area contributed by atoms with Crippen molar-refractivity contribution in [3.8, 4) is 0 Å². The van der Waals surface area contributed by atoms with Gasteiger partial charge in [0.1, 0.15) is 0 Å². The SMILES string of the molecule is NC(=Nc1ccccc1)SCc1ccc([N+](=O)[O-])cc1. The van der Waals surface area contributed by atoms with E-state index in [1.54, 1.807) is 12.1 Å². The van der Waals surface area contributed by atoms with Crippen LogP contribution >= 0.6 is 11.8 Å². The zero-order valence-electron chi connectivity index (χ0n) is 10.6. The number of non-ortho nitro benzene ring substituents is 1. The minimum atomic E-state index is -0.415. The van der Waals surface area contributed by atoms with Crippen molar-refractivity contribution in [3.63, 3.8) is 0 Å². The van der Waals surface area contributed by atoms with E-state index in [0.29, 0.717) is 10.9 Å². The molecule has 102 valence electrons. The van der Waals surface area contributed by atoms with E-state index in [4.69, 9.17) is 5.73 Å². The summed E-state index contributed by atoms with van der Waals surface area (Å²) in [5.74, 6) is 0.625. The van der Waals surface area contributed by atoms with Crippen LogP contribution in [0.25, 0.3) is 0 Å². The second-order valence-electron chi connectivity index (χ2n) is 4.00. The molecular formula is C14H13N3O2S. The predicted octanol–water partition coefficient (Wildman–Crippen LogP) is 3.47. The summed E-state index contributed by atoms with van der Waals surface area (Å²) in [6.45, 7) is 0. The first kappa shape index (κ1) is 14.1. The molecule has 0 amide bonds. The molecule has 0 radical (unpaired) electrons. The van der Waals surface area contributed by atoms with Crippen LogP contribution in [0.2, 0.25) is 0 Å². The largest absolute Gasteiger partial charge is 0.378 e. The van der Waals surface area contributed by atoms with Crippen LogP contribution in [0.4, 0.5) is 11.4 Å². The van der Waals surface area contributed by atoms with Gasteiger partial charge in [0.2, 0.25) is 0 Å². The number of nitro benzene ring substituents is 1. The molecule has 2 N–H and O–H groups in total. The Morgan fingerprint density at radius 3 is 2.40 bits per heavy atom. The summed E-state index contributed by atoms with van der Waals surface area (Å²) in [7, 11) is 0. The average molecular weight is 287 g/mol. The third-order valence-corrected chi connectivity index (χ3v) is 3.39. The van der Waals surface area contributed by atoms with Crippen molar-refractivity contribution < 1.29 is 4.92 Å². The Bertz CT molecular complexity index is 612. The van der Waals surface area contributed by atoms with Gasteiger partial charge in [0.05, 0.1) is 10.6 Å². The summed E-state index contributed by atoms with van der Waals surface area (Å²) in [6, 6.07) is 15.9. The highest BCUT2D eigenvalue weighted by molar-refractivity contribution is 8.13. The van der Waals surface area contributed by atoms with Crippen LogP contribution in [0, 0.1) is 10.1 Å². The summed E-state index contributed by atoms with van der Waals surface area (Å²) >= 11 is 1.40. The summed E-state index contributed by atoms with van der Waals surface area (Å²) < 4.78 is 0. The lowest BCUT2D eigenvalue weighted by atomic mass is 10.2. The quantitative estimate of drug-likeness (QED) is 0.404. The summed E-state index contributed by atoms with van der Waals surface area (Å²) in [5, 5.41) is 11.0. The molecule has 20 heavy (non-hydrogen) atoms. The molecule has 0 atom stereocenters. The van der Waals surface area contributed by atoms with Gasteiger partial charge < -0.3 is 5.73 Å². The normalized spacial score (nSPS) is 11.3. The minimum absolute atomic E-state index is 0.0877. The van der Waals surface area contributed by atoms with E-state index in [-0.39, 0.29) is 5.69 Å². The Balaban J connectivity index is 1.95. The molecule has 0 aliphatic heterocycles. The molecule has 2 rings (SSSR count). The number of hydrogen-bond acceptors (Lipinski definition) is 4. The van der Waals surface area contributed by atoms with Crippen LogP contribution in [0.3, 0.4) is 0 Å². The lowest BCUT2D eigenvalue weighted by Gasteiger charge is -2.01. The molecule has 0 heterocycles. The number of para-hydroxylation sites is 1. The maximum atomic E-state index is 10.5. The van der Waals surface area contributed by atoms with Crippen LogP contribution in [0.5, 0.6) is 0 Å². The van der Waals surface area contributed by atoms with Gasteiger partial charge in [0.15, 0.2) is 5.17 Å². The van der Waals surface area contributed by atoms with Crippen molar-refractivity contribution in [2.24, 2.45) is 10.7 Å². The van der Waals surface area contributed by atoms with Crippen molar-refractivity contribution >= 4 is 28.3 Å². The Morgan fingerprint density at radius 2 is 1.80 bits per heavy atom. The third-order valence-electron chi connectivity index (χ3n) is 2.53. The maximum absolute atomic E-state index is 10.5. The zero-order chi connectivity index (χ0) is 14.4. The first-order valence-electron chi connectivity index (χ1n) is 5.90. The number of nitrogens with two attached hydrogens (primary N) is 1. The van der Waals surface area contributed by atoms with Gasteiger partial charge in [-0.2, -0.15) is 0 Å². The highest BCUT2D eigenvalue weighted by Gasteiger charge is 2.04. The van der Waals surface area contributed by atoms with E-state index in [9.17, 15) is 10.1 Å². The van der Waals surface area contributed by atoms with Crippen LogP contribution in [-0.2, 0) is 5.75 Å². The van der Waals surface area contributed by atoms with E-state index in [1.165, 1.54) is 23.9 Å². The third kappa shape index (κ3) is 4.10. The summed E-state index contributed by atoms with van der Waals surface area (Å²) in [6.07, 6.45) is 0. The number of nitro groups is 1. The molecule has 0 fully saturated rings. The van der Waals surface area contributed by atoms with E-state index in [0.717, 1.165) is 11.3 Å². The van der Waals surface area contributed by atoms with E-state index < -0.39 is 4.92 Å². The second-order valence-corrected chi connectivity index (χ2v) is 4.99. The molecule has 0 saturated heterocycles. The van der Waals surface area contributed by atoms with Crippen molar-refractivity contribution in [3.05, 3.63) is 70.3 Å². The number of hydrogen-bond donors (Lipinski definition) is 1. The maximum Gasteiger partial charge on any atom is 0.269 e. The van der Waals surface area contributed by atoms with Crippen LogP contribution in [0.1, 0.15) is 5.56 Å². The van der Waals surface area contributed by atoms with E-state index in [2.05, 4.69) is 4.99 Å². The number of rotatable bonds is 4. The monoisotopic (exact) mass is 287 g/mol. The molecule has 0 aromatic heterocycles. The van der Waals surface area contributed by atoms with Crippen molar-refractivity contribution in [1.29, 1.82) is 0 Å². The molecule has 0 spiro atoms. The Labute approximate surface area is 120 Å². The lowest BCUT2D eigenvalue weighted by Crippen LogP contribution is -2.06. The van der Waals surface area contributed by atoms with Crippen molar-refractivity contribution in [2.45, 2.75) is 5.75 Å². The first-order valence-corrected chi connectivity index (χ1v) is 6.89. The summed E-state index contributed by atoms with van der Waals surface area (Å²) in [5.41, 5.74) is 7.70. The van der Waals surface area contributed by atoms with Crippen molar-refractivity contribution in [2.75, 3.05) is 0 Å². The lowest BCUT2D eigenvalue weighted by molar-refractivity contribution is -0.384. The molecule has 5 nitrogen and oxygen atoms in total. The Morgan fingerprint density at radius 1 is 1.15 bits per heavy atom. The fourth-order valence-electron chi connectivity index (χ4n) is 1.53. The topological polar surface area (TPSA) is 81.5 Å². The van der Waals surface area contributed by atoms with Gasteiger partial charge in [-0.25, -0.2) is 4.99 Å². The standard InChI is InChI=1S/C14H13N3O2S/c15-14(16-12-4-2-1-3-5-12)20-10-11-6-8-13(9-7-11)17(18)19/h1-9H,10H2,(H2,15,16). The van der Waals surface area contributed by atoms with Crippen LogP contribution < -0.4 is 5.73 Å². The Kier molecular flexibility index (Phi) is 4.73.